The van der Waals surface area contributed by atoms with E-state index in [1.165, 1.54) is 11.3 Å². The first-order valence-corrected chi connectivity index (χ1v) is 6.98. The van der Waals surface area contributed by atoms with E-state index in [4.69, 9.17) is 4.74 Å². The number of nitrogens with zero attached hydrogens (tertiary/aromatic N) is 1. The third-order valence-corrected chi connectivity index (χ3v) is 4.23. The maximum Gasteiger partial charge on any atom is 0.348 e. The van der Waals surface area contributed by atoms with Gasteiger partial charge in [-0.2, -0.15) is 0 Å². The molecule has 19 heavy (non-hydrogen) atoms. The van der Waals surface area contributed by atoms with Gasteiger partial charge in [0.1, 0.15) is 16.0 Å². The lowest BCUT2D eigenvalue weighted by Crippen LogP contribution is -1.95. The fourth-order valence-electron chi connectivity index (χ4n) is 2.18. The Kier molecular flexibility index (Phi) is 3.31. The van der Waals surface area contributed by atoms with E-state index in [2.05, 4.69) is 4.98 Å². The molecule has 5 heteroatoms. The second-order valence-electron chi connectivity index (χ2n) is 4.40. The molecule has 1 aliphatic rings. The van der Waals surface area contributed by atoms with E-state index in [0.717, 1.165) is 30.0 Å². The van der Waals surface area contributed by atoms with Gasteiger partial charge in [-0.15, -0.1) is 11.3 Å². The minimum Gasteiger partial charge on any atom is -0.477 e. The number of carboxylic acid groups (broad SMARTS) is 1. The van der Waals surface area contributed by atoms with Crippen molar-refractivity contribution in [1.82, 2.24) is 4.98 Å². The Labute approximate surface area is 114 Å². The van der Waals surface area contributed by atoms with Crippen LogP contribution in [0, 0.1) is 0 Å². The Morgan fingerprint density at radius 2 is 2.16 bits per heavy atom. The van der Waals surface area contributed by atoms with Crippen LogP contribution in [0.5, 0.6) is 0 Å². The fraction of sp³-hybridized carbons (Fsp3) is 0.286. The summed E-state index contributed by atoms with van der Waals surface area (Å²) in [5.41, 5.74) is 1.38. The first-order chi connectivity index (χ1) is 9.25. The van der Waals surface area contributed by atoms with Crippen molar-refractivity contribution in [3.05, 3.63) is 40.2 Å². The van der Waals surface area contributed by atoms with Crippen LogP contribution in [0.1, 0.15) is 33.6 Å². The lowest BCUT2D eigenvalue weighted by molar-refractivity contribution is 0.0702. The normalized spacial score (nSPS) is 18.6. The van der Waals surface area contributed by atoms with Crippen molar-refractivity contribution in [2.24, 2.45) is 0 Å². The van der Waals surface area contributed by atoms with Gasteiger partial charge in [0.2, 0.25) is 0 Å². The molecule has 0 aliphatic carbocycles. The number of carboxylic acids is 1. The molecule has 1 aromatic carbocycles. The Bertz CT molecular complexity index is 588. The van der Waals surface area contributed by atoms with Gasteiger partial charge in [0.15, 0.2) is 0 Å². The van der Waals surface area contributed by atoms with Crippen LogP contribution in [-0.4, -0.2) is 22.7 Å². The van der Waals surface area contributed by atoms with E-state index in [9.17, 15) is 9.90 Å². The molecule has 0 amide bonds. The Balaban J connectivity index is 2.05. The summed E-state index contributed by atoms with van der Waals surface area (Å²) in [6.07, 6.45) is 1.88. The summed E-state index contributed by atoms with van der Waals surface area (Å²) in [6.45, 7) is 0.729. The fourth-order valence-corrected chi connectivity index (χ4v) is 3.19. The number of rotatable bonds is 3. The molecule has 4 nitrogen and oxygen atoms in total. The van der Waals surface area contributed by atoms with E-state index in [1.807, 2.05) is 30.3 Å². The molecule has 1 unspecified atom stereocenters. The molecule has 0 spiro atoms. The number of thiazole rings is 1. The SMILES string of the molecule is O=C(O)c1sc(C2CCCO2)nc1-c1ccccc1. The molecular weight excluding hydrogens is 262 g/mol. The van der Waals surface area contributed by atoms with Gasteiger partial charge >= 0.3 is 5.97 Å². The molecule has 1 saturated heterocycles. The van der Waals surface area contributed by atoms with E-state index in [1.54, 1.807) is 0 Å². The summed E-state index contributed by atoms with van der Waals surface area (Å²) in [6, 6.07) is 9.41. The van der Waals surface area contributed by atoms with E-state index < -0.39 is 5.97 Å². The summed E-state index contributed by atoms with van der Waals surface area (Å²) < 4.78 is 5.58. The zero-order valence-corrected chi connectivity index (χ0v) is 11.0. The maximum atomic E-state index is 11.4. The van der Waals surface area contributed by atoms with Crippen LogP contribution in [0.3, 0.4) is 0 Å². The van der Waals surface area contributed by atoms with Crippen molar-refractivity contribution in [2.45, 2.75) is 18.9 Å². The van der Waals surface area contributed by atoms with Gasteiger partial charge in [0.25, 0.3) is 0 Å². The highest BCUT2D eigenvalue weighted by Crippen LogP contribution is 2.36. The minimum absolute atomic E-state index is 0.0411. The molecule has 3 rings (SSSR count). The smallest absolute Gasteiger partial charge is 0.348 e. The van der Waals surface area contributed by atoms with Gasteiger partial charge < -0.3 is 9.84 Å². The van der Waals surface area contributed by atoms with Gasteiger partial charge in [0.05, 0.1) is 5.69 Å². The van der Waals surface area contributed by atoms with Crippen LogP contribution in [0.4, 0.5) is 0 Å². The van der Waals surface area contributed by atoms with Crippen LogP contribution >= 0.6 is 11.3 Å². The summed E-state index contributed by atoms with van der Waals surface area (Å²) in [7, 11) is 0. The molecule has 0 radical (unpaired) electrons. The van der Waals surface area contributed by atoms with Crippen molar-refractivity contribution < 1.29 is 14.6 Å². The standard InChI is InChI=1S/C14H13NO3S/c16-14(17)12-11(9-5-2-1-3-6-9)15-13(19-12)10-7-4-8-18-10/h1-3,5-6,10H,4,7-8H2,(H,16,17). The zero-order chi connectivity index (χ0) is 13.2. The maximum absolute atomic E-state index is 11.4. The molecule has 0 bridgehead atoms. The number of benzene rings is 1. The lowest BCUT2D eigenvalue weighted by atomic mass is 10.1. The highest BCUT2D eigenvalue weighted by molar-refractivity contribution is 7.14. The van der Waals surface area contributed by atoms with Crippen LogP contribution < -0.4 is 0 Å². The Hall–Kier alpha value is -1.72. The second kappa shape index (κ2) is 5.11. The van der Waals surface area contributed by atoms with Crippen LogP contribution in [-0.2, 0) is 4.74 Å². The predicted molar refractivity (Wildman–Crippen MR) is 72.4 cm³/mol. The molecule has 98 valence electrons. The van der Waals surface area contributed by atoms with Crippen LogP contribution in [0.2, 0.25) is 0 Å². The topological polar surface area (TPSA) is 59.4 Å². The second-order valence-corrected chi connectivity index (χ2v) is 5.43. The van der Waals surface area contributed by atoms with Crippen LogP contribution in [0.25, 0.3) is 11.3 Å². The Morgan fingerprint density at radius 3 is 2.79 bits per heavy atom. The van der Waals surface area contributed by atoms with E-state index in [0.29, 0.717) is 5.69 Å². The first-order valence-electron chi connectivity index (χ1n) is 6.17. The molecule has 1 N–H and O–H groups in total. The first kappa shape index (κ1) is 12.3. The summed E-state index contributed by atoms with van der Waals surface area (Å²) in [5.74, 6) is -0.930. The van der Waals surface area contributed by atoms with Crippen molar-refractivity contribution >= 4 is 17.3 Å². The third kappa shape index (κ3) is 2.39. The molecule has 1 fully saturated rings. The zero-order valence-electron chi connectivity index (χ0n) is 10.2. The number of aromatic carboxylic acids is 1. The lowest BCUT2D eigenvalue weighted by Gasteiger charge is -2.03. The summed E-state index contributed by atoms with van der Waals surface area (Å²) in [4.78, 5) is 16.1. The molecule has 1 aromatic heterocycles. The largest absolute Gasteiger partial charge is 0.477 e. The van der Waals surface area contributed by atoms with E-state index in [-0.39, 0.29) is 11.0 Å². The molecular formula is C14H13NO3S. The number of ether oxygens (including phenoxy) is 1. The van der Waals surface area contributed by atoms with Gasteiger partial charge in [-0.25, -0.2) is 9.78 Å². The van der Waals surface area contributed by atoms with Crippen molar-refractivity contribution in [3.63, 3.8) is 0 Å². The average molecular weight is 275 g/mol. The number of carbonyl (C=O) groups is 1. The quantitative estimate of drug-likeness (QED) is 0.933. The monoisotopic (exact) mass is 275 g/mol. The van der Waals surface area contributed by atoms with E-state index >= 15 is 0 Å². The number of aromatic nitrogens is 1. The summed E-state index contributed by atoms with van der Waals surface area (Å²) >= 11 is 1.22. The molecule has 0 saturated carbocycles. The number of hydrogen-bond donors (Lipinski definition) is 1. The highest BCUT2D eigenvalue weighted by Gasteiger charge is 2.26. The molecule has 2 aromatic rings. The van der Waals surface area contributed by atoms with Crippen molar-refractivity contribution in [2.75, 3.05) is 6.61 Å². The summed E-state index contributed by atoms with van der Waals surface area (Å²) in [5, 5.41) is 10.1. The predicted octanol–water partition coefficient (Wildman–Crippen LogP) is 3.36. The van der Waals surface area contributed by atoms with Crippen molar-refractivity contribution in [1.29, 1.82) is 0 Å². The average Bonchev–Trinajstić information content (AvgIpc) is 3.08. The van der Waals surface area contributed by atoms with Gasteiger partial charge in [0, 0.05) is 12.2 Å². The minimum atomic E-state index is -0.930. The molecule has 1 atom stereocenters. The number of hydrogen-bond acceptors (Lipinski definition) is 4. The van der Waals surface area contributed by atoms with Crippen LogP contribution in [0.15, 0.2) is 30.3 Å². The van der Waals surface area contributed by atoms with Gasteiger partial charge in [-0.1, -0.05) is 30.3 Å². The molecule has 2 heterocycles. The third-order valence-electron chi connectivity index (χ3n) is 3.09. The van der Waals surface area contributed by atoms with Gasteiger partial charge in [-0.3, -0.25) is 0 Å². The molecule has 1 aliphatic heterocycles. The highest BCUT2D eigenvalue weighted by atomic mass is 32.1. The Morgan fingerprint density at radius 1 is 1.37 bits per heavy atom. The van der Waals surface area contributed by atoms with Crippen molar-refractivity contribution in [3.8, 4) is 11.3 Å². The van der Waals surface area contributed by atoms with Gasteiger partial charge in [-0.05, 0) is 12.8 Å².